The molecule has 4 rings (SSSR count). The van der Waals surface area contributed by atoms with Crippen molar-refractivity contribution in [2.24, 2.45) is 22.7 Å². The van der Waals surface area contributed by atoms with Gasteiger partial charge in [-0.2, -0.15) is 0 Å². The minimum absolute atomic E-state index is 0.0615. The molecule has 37 heavy (non-hydrogen) atoms. The monoisotopic (exact) mass is 531 g/mol. The van der Waals surface area contributed by atoms with Crippen LogP contribution in [0.5, 0.6) is 0 Å². The van der Waals surface area contributed by atoms with E-state index in [-0.39, 0.29) is 6.04 Å². The van der Waals surface area contributed by atoms with Gasteiger partial charge in [-0.3, -0.25) is 0 Å². The number of ether oxygens (including phenoxy) is 2. The average Bonchev–Trinajstić information content (AvgIpc) is 3.23. The van der Waals surface area contributed by atoms with E-state index in [0.29, 0.717) is 36.3 Å². The number of methoxy groups -OCH3 is 1. The molecular formula is C30H46ClN3O3. The van der Waals surface area contributed by atoms with E-state index < -0.39 is 11.9 Å². The van der Waals surface area contributed by atoms with Gasteiger partial charge in [0.2, 0.25) is 5.72 Å². The van der Waals surface area contributed by atoms with Gasteiger partial charge < -0.3 is 19.3 Å². The van der Waals surface area contributed by atoms with E-state index in [1.54, 1.807) is 0 Å². The molecule has 1 aliphatic heterocycles. The Kier molecular flexibility index (Phi) is 9.44. The number of carbonyl (C=O) groups excluding carboxylic acids is 1. The summed E-state index contributed by atoms with van der Waals surface area (Å²) in [6.07, 6.45) is 12.8. The predicted octanol–water partition coefficient (Wildman–Crippen LogP) is 7.32. The first kappa shape index (κ1) is 28.2. The normalized spacial score (nSPS) is 29.6. The Morgan fingerprint density at radius 1 is 1.08 bits per heavy atom. The first-order valence-corrected chi connectivity index (χ1v) is 14.6. The lowest BCUT2D eigenvalue weighted by atomic mass is 9.71. The lowest BCUT2D eigenvalue weighted by Crippen LogP contribution is -2.56. The van der Waals surface area contributed by atoms with E-state index in [9.17, 15) is 4.79 Å². The van der Waals surface area contributed by atoms with Crippen molar-refractivity contribution in [2.45, 2.75) is 102 Å². The molecule has 2 fully saturated rings. The lowest BCUT2D eigenvalue weighted by molar-refractivity contribution is -0.0882. The molecule has 0 radical (unpaired) electrons. The smallest absolute Gasteiger partial charge is 0.438 e. The highest BCUT2D eigenvalue weighted by Gasteiger charge is 2.54. The molecule has 7 heteroatoms. The van der Waals surface area contributed by atoms with E-state index in [1.807, 2.05) is 18.5 Å². The summed E-state index contributed by atoms with van der Waals surface area (Å²) >= 11 is 6.19. The highest BCUT2D eigenvalue weighted by atomic mass is 35.5. The Balaban J connectivity index is 1.58. The summed E-state index contributed by atoms with van der Waals surface area (Å²) in [6.45, 7) is 4.37. The Morgan fingerprint density at radius 2 is 1.73 bits per heavy atom. The minimum atomic E-state index is -0.882. The maximum atomic E-state index is 12.5. The zero-order valence-electron chi connectivity index (χ0n) is 23.4. The first-order valence-electron chi connectivity index (χ1n) is 14.3. The molecule has 3 unspecified atom stereocenters. The summed E-state index contributed by atoms with van der Waals surface area (Å²) < 4.78 is 11.1. The second-order valence-electron chi connectivity index (χ2n) is 12.1. The van der Waals surface area contributed by atoms with Crippen molar-refractivity contribution in [3.05, 3.63) is 34.9 Å². The van der Waals surface area contributed by atoms with Crippen LogP contribution >= 0.6 is 11.6 Å². The molecule has 3 aliphatic rings. The van der Waals surface area contributed by atoms with Crippen LogP contribution in [0.3, 0.4) is 0 Å². The van der Waals surface area contributed by atoms with Crippen molar-refractivity contribution in [3.63, 3.8) is 0 Å². The van der Waals surface area contributed by atoms with Crippen molar-refractivity contribution < 1.29 is 14.3 Å². The summed E-state index contributed by atoms with van der Waals surface area (Å²) in [4.78, 5) is 22.4. The molecule has 0 spiro atoms. The number of aliphatic imine (C=N–C) groups is 1. The lowest BCUT2D eigenvalue weighted by Gasteiger charge is -2.47. The SMILES string of the molecule is COC(=O)OC1(CC(C)C)N=CN(C2CCCCC2)C1C1CCC(C(c2ccc(Cl)cc2)N(C)C)CC1. The van der Waals surface area contributed by atoms with Gasteiger partial charge in [-0.25, -0.2) is 9.79 Å². The molecule has 1 aromatic rings. The van der Waals surface area contributed by atoms with Crippen LogP contribution in [0.2, 0.25) is 5.02 Å². The fourth-order valence-corrected chi connectivity index (χ4v) is 7.48. The highest BCUT2D eigenvalue weighted by Crippen LogP contribution is 2.47. The molecule has 2 aliphatic carbocycles. The largest absolute Gasteiger partial charge is 0.510 e. The Bertz CT molecular complexity index is 907. The van der Waals surface area contributed by atoms with Gasteiger partial charge >= 0.3 is 6.16 Å². The molecule has 1 aromatic carbocycles. The quantitative estimate of drug-likeness (QED) is 0.329. The van der Waals surface area contributed by atoms with Gasteiger partial charge in [0.25, 0.3) is 0 Å². The van der Waals surface area contributed by atoms with Gasteiger partial charge in [0, 0.05) is 23.5 Å². The number of rotatable bonds is 8. The van der Waals surface area contributed by atoms with Gasteiger partial charge in [-0.15, -0.1) is 0 Å². The molecule has 0 bridgehead atoms. The summed E-state index contributed by atoms with van der Waals surface area (Å²) in [5.74, 6) is 1.32. The molecule has 206 valence electrons. The van der Waals surface area contributed by atoms with E-state index in [0.717, 1.165) is 30.7 Å². The van der Waals surface area contributed by atoms with Crippen molar-refractivity contribution in [3.8, 4) is 0 Å². The maximum absolute atomic E-state index is 12.5. The Morgan fingerprint density at radius 3 is 2.30 bits per heavy atom. The van der Waals surface area contributed by atoms with Gasteiger partial charge in [0.15, 0.2) is 0 Å². The van der Waals surface area contributed by atoms with Gasteiger partial charge in [0.05, 0.1) is 19.5 Å². The van der Waals surface area contributed by atoms with Crippen molar-refractivity contribution >= 4 is 24.1 Å². The molecular weight excluding hydrogens is 486 g/mol. The Hall–Kier alpha value is -1.79. The van der Waals surface area contributed by atoms with Crippen LogP contribution in [0.4, 0.5) is 4.79 Å². The maximum Gasteiger partial charge on any atom is 0.510 e. The van der Waals surface area contributed by atoms with E-state index in [2.05, 4.69) is 49.9 Å². The van der Waals surface area contributed by atoms with Crippen molar-refractivity contribution in [1.29, 1.82) is 0 Å². The van der Waals surface area contributed by atoms with E-state index in [1.165, 1.54) is 44.8 Å². The molecule has 0 N–H and O–H groups in total. The van der Waals surface area contributed by atoms with Crippen LogP contribution in [0.15, 0.2) is 29.3 Å². The van der Waals surface area contributed by atoms with Crippen LogP contribution in [0, 0.1) is 17.8 Å². The first-order chi connectivity index (χ1) is 17.7. The summed E-state index contributed by atoms with van der Waals surface area (Å²) in [5, 5.41) is 0.779. The number of halogens is 1. The van der Waals surface area contributed by atoms with Crippen LogP contribution in [-0.2, 0) is 9.47 Å². The molecule has 0 aromatic heterocycles. The minimum Gasteiger partial charge on any atom is -0.438 e. The fourth-order valence-electron chi connectivity index (χ4n) is 7.36. The summed E-state index contributed by atoms with van der Waals surface area (Å²) in [6, 6.07) is 9.24. The number of nitrogens with zero attached hydrogens (tertiary/aromatic N) is 3. The predicted molar refractivity (Wildman–Crippen MR) is 150 cm³/mol. The fraction of sp³-hybridized carbons (Fsp3) is 0.733. The van der Waals surface area contributed by atoms with Crippen molar-refractivity contribution in [2.75, 3.05) is 21.2 Å². The standard InChI is InChI=1S/C30H46ClN3O3/c1-21(2)19-30(37-29(35)36-5)28(34(20-32-30)26-9-7-6-8-10-26)24-13-11-22(12-14-24)27(33(3)4)23-15-17-25(31)18-16-23/h15-18,20-22,24,26-28H,6-14,19H2,1-5H3. The van der Waals surface area contributed by atoms with Crippen LogP contribution < -0.4 is 0 Å². The van der Waals surface area contributed by atoms with Crippen LogP contribution in [0.1, 0.15) is 89.7 Å². The second-order valence-corrected chi connectivity index (χ2v) is 12.5. The van der Waals surface area contributed by atoms with Gasteiger partial charge in [-0.1, -0.05) is 56.8 Å². The molecule has 6 nitrogen and oxygen atoms in total. The molecule has 2 saturated carbocycles. The van der Waals surface area contributed by atoms with Crippen LogP contribution in [-0.4, -0.2) is 61.3 Å². The number of hydrogen-bond acceptors (Lipinski definition) is 6. The third kappa shape index (κ3) is 6.44. The molecule has 0 saturated heterocycles. The van der Waals surface area contributed by atoms with Gasteiger partial charge in [0.1, 0.15) is 0 Å². The van der Waals surface area contributed by atoms with Crippen LogP contribution in [0.25, 0.3) is 0 Å². The Labute approximate surface area is 228 Å². The molecule has 1 heterocycles. The van der Waals surface area contributed by atoms with E-state index in [4.69, 9.17) is 26.1 Å². The van der Waals surface area contributed by atoms with E-state index >= 15 is 0 Å². The van der Waals surface area contributed by atoms with Gasteiger partial charge in [-0.05, 0) is 88.1 Å². The number of benzene rings is 1. The third-order valence-electron chi connectivity index (χ3n) is 8.79. The number of hydrogen-bond donors (Lipinski definition) is 0. The zero-order chi connectivity index (χ0) is 26.6. The van der Waals surface area contributed by atoms with Crippen molar-refractivity contribution in [1.82, 2.24) is 9.80 Å². The second kappa shape index (κ2) is 12.4. The topological polar surface area (TPSA) is 54.4 Å². The third-order valence-corrected chi connectivity index (χ3v) is 9.05. The summed E-state index contributed by atoms with van der Waals surface area (Å²) in [5.41, 5.74) is 0.446. The average molecular weight is 532 g/mol. The summed E-state index contributed by atoms with van der Waals surface area (Å²) in [7, 11) is 5.75. The molecule has 3 atom stereocenters. The zero-order valence-corrected chi connectivity index (χ0v) is 24.1. The number of carbonyl (C=O) groups is 1. The molecule has 0 amide bonds. The highest BCUT2D eigenvalue weighted by molar-refractivity contribution is 6.30.